The molecule has 1 saturated heterocycles. The van der Waals surface area contributed by atoms with Gasteiger partial charge in [-0.25, -0.2) is 14.4 Å². The number of rotatable bonds is 14. The number of nitrogens with zero attached hydrogens (tertiary/aromatic N) is 2. The Bertz CT molecular complexity index is 1030. The zero-order valence-corrected chi connectivity index (χ0v) is 27.7. The third-order valence-corrected chi connectivity index (χ3v) is 6.56. The van der Waals surface area contributed by atoms with Gasteiger partial charge in [0.2, 0.25) is 0 Å². The van der Waals surface area contributed by atoms with E-state index in [0.29, 0.717) is 38.6 Å². The van der Waals surface area contributed by atoms with E-state index in [1.165, 1.54) is 4.90 Å². The van der Waals surface area contributed by atoms with Gasteiger partial charge in [-0.3, -0.25) is 9.80 Å². The molecule has 1 aromatic carbocycles. The van der Waals surface area contributed by atoms with Crippen LogP contribution in [-0.4, -0.2) is 125 Å². The quantitative estimate of drug-likeness (QED) is 0.239. The Balaban J connectivity index is 2.30. The molecule has 1 aliphatic heterocycles. The minimum Gasteiger partial charge on any atom is -0.497 e. The number of carbonyl (C=O) groups is 3. The highest BCUT2D eigenvalue weighted by molar-refractivity contribution is 5.71. The Morgan fingerprint density at radius 1 is 0.864 bits per heavy atom. The normalized spacial score (nSPS) is 18.6. The van der Waals surface area contributed by atoms with Crippen LogP contribution in [-0.2, 0) is 34.8 Å². The van der Waals surface area contributed by atoms with Crippen molar-refractivity contribution in [1.29, 1.82) is 0 Å². The second-order valence-electron chi connectivity index (χ2n) is 12.5. The highest BCUT2D eigenvalue weighted by Crippen LogP contribution is 2.30. The molecular weight excluding hydrogens is 574 g/mol. The maximum absolute atomic E-state index is 13.4. The molecule has 0 saturated carbocycles. The lowest BCUT2D eigenvalue weighted by Crippen LogP contribution is -2.47. The molecule has 13 heteroatoms. The van der Waals surface area contributed by atoms with Gasteiger partial charge in [-0.05, 0) is 65.7 Å². The van der Waals surface area contributed by atoms with Crippen molar-refractivity contribution in [2.45, 2.75) is 77.4 Å². The fourth-order valence-corrected chi connectivity index (χ4v) is 4.53. The van der Waals surface area contributed by atoms with Crippen molar-refractivity contribution < 1.29 is 47.5 Å². The monoisotopic (exact) mass is 625 g/mol. The molecule has 0 radical (unpaired) electrons. The summed E-state index contributed by atoms with van der Waals surface area (Å²) in [5.74, 6) is 0.674. The first-order chi connectivity index (χ1) is 20.7. The van der Waals surface area contributed by atoms with Crippen molar-refractivity contribution >= 4 is 18.3 Å². The van der Waals surface area contributed by atoms with Gasteiger partial charge in [0, 0.05) is 40.4 Å². The first kappa shape index (κ1) is 36.9. The molecule has 1 fully saturated rings. The number of nitrogens with one attached hydrogen (secondary N) is 1. The number of methoxy groups -OCH3 is 3. The smallest absolute Gasteiger partial charge is 0.497 e. The molecule has 0 aromatic heterocycles. The second-order valence-corrected chi connectivity index (χ2v) is 12.5. The van der Waals surface area contributed by atoms with Crippen LogP contribution in [0.3, 0.4) is 0 Å². The van der Waals surface area contributed by atoms with Crippen molar-refractivity contribution in [2.75, 3.05) is 67.3 Å². The van der Waals surface area contributed by atoms with E-state index >= 15 is 0 Å². The maximum atomic E-state index is 13.4. The van der Waals surface area contributed by atoms with Crippen molar-refractivity contribution in [3.8, 4) is 5.75 Å². The summed E-state index contributed by atoms with van der Waals surface area (Å²) >= 11 is 0. The maximum Gasteiger partial charge on any atom is 0.509 e. The average Bonchev–Trinajstić information content (AvgIpc) is 3.24. The Kier molecular flexibility index (Phi) is 14.5. The van der Waals surface area contributed by atoms with Crippen LogP contribution in [0.1, 0.15) is 47.1 Å². The molecule has 1 aliphatic rings. The summed E-state index contributed by atoms with van der Waals surface area (Å²) in [5, 5.41) is 2.78. The Labute approximate surface area is 261 Å². The molecule has 3 atom stereocenters. The molecule has 2 rings (SSSR count). The molecule has 1 aromatic rings. The van der Waals surface area contributed by atoms with E-state index < -0.39 is 47.8 Å². The SMILES string of the molecule is COCCN(CCNC(=O)O[C@@H]1[C@@H](OC(=O)OC(C)(C)C)CN(C(=O)OC(C)(C)C)[C@@H]1Cc1ccc(OC)cc1)CCOC. The molecule has 0 unspecified atom stereocenters. The number of likely N-dealkylation sites (tertiary alicyclic amines) is 1. The number of carbonyl (C=O) groups excluding carboxylic acids is 3. The molecule has 0 bridgehead atoms. The molecule has 250 valence electrons. The van der Waals surface area contributed by atoms with E-state index in [4.69, 9.17) is 33.2 Å². The van der Waals surface area contributed by atoms with E-state index in [1.54, 1.807) is 75.0 Å². The zero-order valence-electron chi connectivity index (χ0n) is 27.7. The van der Waals surface area contributed by atoms with Crippen molar-refractivity contribution in [2.24, 2.45) is 0 Å². The van der Waals surface area contributed by atoms with Crippen LogP contribution in [0.15, 0.2) is 24.3 Å². The molecule has 0 aliphatic carbocycles. The van der Waals surface area contributed by atoms with Crippen LogP contribution >= 0.6 is 0 Å². The molecule has 1 N–H and O–H groups in total. The topological polar surface area (TPSA) is 134 Å². The van der Waals surface area contributed by atoms with Crippen LogP contribution in [0.25, 0.3) is 0 Å². The van der Waals surface area contributed by atoms with Gasteiger partial charge in [-0.2, -0.15) is 0 Å². The van der Waals surface area contributed by atoms with Crippen LogP contribution < -0.4 is 10.1 Å². The van der Waals surface area contributed by atoms with Crippen LogP contribution in [0.2, 0.25) is 0 Å². The molecule has 44 heavy (non-hydrogen) atoms. The minimum atomic E-state index is -1.02. The molecular formula is C31H51N3O10. The Morgan fingerprint density at radius 2 is 1.45 bits per heavy atom. The summed E-state index contributed by atoms with van der Waals surface area (Å²) < 4.78 is 38.3. The first-order valence-electron chi connectivity index (χ1n) is 14.8. The first-order valence-corrected chi connectivity index (χ1v) is 14.8. The van der Waals surface area contributed by atoms with Gasteiger partial charge < -0.3 is 38.5 Å². The number of alkyl carbamates (subject to hydrolysis) is 1. The summed E-state index contributed by atoms with van der Waals surface area (Å²) in [4.78, 5) is 42.8. The van der Waals surface area contributed by atoms with Crippen molar-refractivity contribution in [1.82, 2.24) is 15.1 Å². The predicted octanol–water partition coefficient (Wildman–Crippen LogP) is 3.87. The van der Waals surface area contributed by atoms with Gasteiger partial charge in [-0.15, -0.1) is 0 Å². The fourth-order valence-electron chi connectivity index (χ4n) is 4.53. The Morgan fingerprint density at radius 3 is 1.98 bits per heavy atom. The third kappa shape index (κ3) is 13.1. The van der Waals surface area contributed by atoms with Gasteiger partial charge in [-0.1, -0.05) is 12.1 Å². The molecule has 0 spiro atoms. The minimum absolute atomic E-state index is 0.0608. The van der Waals surface area contributed by atoms with Crippen molar-refractivity contribution in [3.05, 3.63) is 29.8 Å². The Hall–Kier alpha value is -3.29. The van der Waals surface area contributed by atoms with Crippen molar-refractivity contribution in [3.63, 3.8) is 0 Å². The van der Waals surface area contributed by atoms with E-state index in [2.05, 4.69) is 10.2 Å². The molecule has 1 heterocycles. The summed E-state index contributed by atoms with van der Waals surface area (Å²) in [6.07, 6.45) is -4.00. The lowest BCUT2D eigenvalue weighted by Gasteiger charge is -2.30. The van der Waals surface area contributed by atoms with Gasteiger partial charge >= 0.3 is 18.3 Å². The third-order valence-electron chi connectivity index (χ3n) is 6.56. The van der Waals surface area contributed by atoms with Gasteiger partial charge in [0.1, 0.15) is 17.0 Å². The standard InChI is InChI=1S/C31H51N3O10/c1-30(2,3)43-28(36)34-21-25(41-29(37)44-31(4,5)6)26(24(34)20-22-10-12-23(40-9)13-11-22)42-27(35)32-14-15-33(16-18-38-7)17-19-39-8/h10-13,24-26H,14-21H2,1-9H3,(H,32,35)/t24-,25+,26+/m1/s1. The number of ether oxygens (including phenoxy) is 7. The highest BCUT2D eigenvalue weighted by atomic mass is 16.7. The van der Waals surface area contributed by atoms with Gasteiger partial charge in [0.15, 0.2) is 12.2 Å². The van der Waals surface area contributed by atoms with Gasteiger partial charge in [0.25, 0.3) is 0 Å². The van der Waals surface area contributed by atoms with E-state index in [1.807, 2.05) is 12.1 Å². The summed E-state index contributed by atoms with van der Waals surface area (Å²) in [7, 11) is 4.83. The molecule has 2 amide bonds. The lowest BCUT2D eigenvalue weighted by atomic mass is 10.0. The summed E-state index contributed by atoms with van der Waals surface area (Å²) in [5.41, 5.74) is -0.742. The average molecular weight is 626 g/mol. The van der Waals surface area contributed by atoms with Crippen LogP contribution in [0, 0.1) is 0 Å². The number of hydrogen-bond acceptors (Lipinski definition) is 11. The van der Waals surface area contributed by atoms with Crippen LogP contribution in [0.5, 0.6) is 5.75 Å². The lowest BCUT2D eigenvalue weighted by molar-refractivity contribution is -0.0518. The number of amides is 2. The fraction of sp³-hybridized carbons (Fsp3) is 0.710. The van der Waals surface area contributed by atoms with Crippen LogP contribution in [0.4, 0.5) is 14.4 Å². The summed E-state index contributed by atoms with van der Waals surface area (Å²) in [6.45, 7) is 13.6. The highest BCUT2D eigenvalue weighted by Gasteiger charge is 2.50. The molecule has 13 nitrogen and oxygen atoms in total. The zero-order chi connectivity index (χ0) is 32.9. The summed E-state index contributed by atoms with van der Waals surface area (Å²) in [6, 6.07) is 6.62. The number of hydrogen-bond donors (Lipinski definition) is 1. The van der Waals surface area contributed by atoms with E-state index in [0.717, 1.165) is 5.56 Å². The van der Waals surface area contributed by atoms with Gasteiger partial charge in [0.05, 0.1) is 32.9 Å². The van der Waals surface area contributed by atoms with E-state index in [-0.39, 0.29) is 19.5 Å². The van der Waals surface area contributed by atoms with E-state index in [9.17, 15) is 14.4 Å². The number of benzene rings is 1. The largest absolute Gasteiger partial charge is 0.509 e. The predicted molar refractivity (Wildman–Crippen MR) is 163 cm³/mol. The second kappa shape index (κ2) is 17.3.